The first-order valence-corrected chi connectivity index (χ1v) is 12.5. The molecule has 0 amide bonds. The number of pyridine rings is 2. The monoisotopic (exact) mass is 467 g/mol. The van der Waals surface area contributed by atoms with E-state index >= 15 is 0 Å². The first-order chi connectivity index (χ1) is 15.3. The fourth-order valence-corrected chi connectivity index (χ4v) is 4.71. The number of allylic oxidation sites excluding steroid dienone is 1. The zero-order valence-electron chi connectivity index (χ0n) is 19.7. The van der Waals surface area contributed by atoms with Crippen molar-refractivity contribution < 1.29 is 0 Å². The SMILES string of the molecule is CC=CC(CCCc1nc2ccnc(Cl)c2cc1-c1ccccc1)C(C)NSC(C)(C)C. The molecule has 0 aliphatic carbocycles. The van der Waals surface area contributed by atoms with Crippen LogP contribution in [-0.4, -0.2) is 20.8 Å². The van der Waals surface area contributed by atoms with Crippen LogP contribution >= 0.6 is 23.5 Å². The largest absolute Gasteiger partial charge is 0.260 e. The third-order valence-corrected chi connectivity index (χ3v) is 6.85. The second-order valence-electron chi connectivity index (χ2n) is 9.22. The van der Waals surface area contributed by atoms with Gasteiger partial charge in [-0.05, 0) is 77.5 Å². The van der Waals surface area contributed by atoms with Gasteiger partial charge < -0.3 is 0 Å². The number of aromatic nitrogens is 2. The molecule has 0 saturated heterocycles. The topological polar surface area (TPSA) is 37.8 Å². The number of benzene rings is 1. The molecule has 0 fully saturated rings. The van der Waals surface area contributed by atoms with E-state index in [1.54, 1.807) is 6.20 Å². The lowest BCUT2D eigenvalue weighted by Crippen LogP contribution is -2.31. The summed E-state index contributed by atoms with van der Waals surface area (Å²) in [5.74, 6) is 0.481. The summed E-state index contributed by atoms with van der Waals surface area (Å²) in [5.41, 5.74) is 4.33. The molecule has 3 aromatic rings. The Morgan fingerprint density at radius 2 is 1.91 bits per heavy atom. The molecule has 0 bridgehead atoms. The van der Waals surface area contributed by atoms with Crippen molar-refractivity contribution >= 4 is 34.5 Å². The van der Waals surface area contributed by atoms with Crippen molar-refractivity contribution in [2.45, 2.75) is 64.7 Å². The van der Waals surface area contributed by atoms with Crippen molar-refractivity contribution in [1.29, 1.82) is 0 Å². The lowest BCUT2D eigenvalue weighted by molar-refractivity contribution is 0.459. The van der Waals surface area contributed by atoms with E-state index in [4.69, 9.17) is 16.6 Å². The van der Waals surface area contributed by atoms with Crippen LogP contribution < -0.4 is 4.72 Å². The summed E-state index contributed by atoms with van der Waals surface area (Å²) in [7, 11) is 0. The highest BCUT2D eigenvalue weighted by atomic mass is 35.5. The summed E-state index contributed by atoms with van der Waals surface area (Å²) in [5, 5.41) is 1.41. The van der Waals surface area contributed by atoms with Gasteiger partial charge in [-0.2, -0.15) is 0 Å². The first kappa shape index (κ1) is 24.8. The van der Waals surface area contributed by atoms with E-state index in [9.17, 15) is 0 Å². The minimum absolute atomic E-state index is 0.199. The summed E-state index contributed by atoms with van der Waals surface area (Å²) < 4.78 is 3.85. The van der Waals surface area contributed by atoms with E-state index in [0.717, 1.165) is 41.4 Å². The minimum atomic E-state index is 0.199. The van der Waals surface area contributed by atoms with Crippen molar-refractivity contribution in [2.75, 3.05) is 0 Å². The van der Waals surface area contributed by atoms with Gasteiger partial charge in [0.15, 0.2) is 0 Å². The average molecular weight is 468 g/mol. The normalized spacial score (nSPS) is 14.2. The van der Waals surface area contributed by atoms with Crippen LogP contribution in [0.2, 0.25) is 5.15 Å². The van der Waals surface area contributed by atoms with Crippen molar-refractivity contribution in [1.82, 2.24) is 14.7 Å². The van der Waals surface area contributed by atoms with Gasteiger partial charge in [0.25, 0.3) is 0 Å². The van der Waals surface area contributed by atoms with Gasteiger partial charge in [-0.3, -0.25) is 9.71 Å². The number of hydrogen-bond acceptors (Lipinski definition) is 4. The number of fused-ring (bicyclic) bond motifs is 1. The molecule has 1 aromatic carbocycles. The standard InChI is InChI=1S/C27H34ClN3S/c1-6-11-20(19(2)31-32-27(3,4)5)14-10-15-24-22(21-12-8-7-9-13-21)18-23-25(30-24)16-17-29-26(23)28/h6-9,11-13,16-20,31H,10,14-15H2,1-5H3. The Bertz CT molecular complexity index is 1040. The maximum atomic E-state index is 6.38. The number of rotatable bonds is 9. The molecule has 5 heteroatoms. The summed E-state index contributed by atoms with van der Waals surface area (Å²) in [4.78, 5) is 9.25. The van der Waals surface area contributed by atoms with Gasteiger partial charge in [0, 0.05) is 33.6 Å². The summed E-state index contributed by atoms with van der Waals surface area (Å²) in [6.45, 7) is 11.1. The van der Waals surface area contributed by atoms with E-state index in [-0.39, 0.29) is 4.75 Å². The fraction of sp³-hybridized carbons (Fsp3) is 0.407. The maximum absolute atomic E-state index is 6.38. The van der Waals surface area contributed by atoms with Crippen molar-refractivity contribution in [3.63, 3.8) is 0 Å². The molecule has 2 unspecified atom stereocenters. The van der Waals surface area contributed by atoms with Crippen LogP contribution in [0.1, 0.15) is 53.2 Å². The quantitative estimate of drug-likeness (QED) is 0.197. The predicted molar refractivity (Wildman–Crippen MR) is 141 cm³/mol. The number of halogens is 1. The molecule has 3 rings (SSSR count). The molecule has 2 heterocycles. The Morgan fingerprint density at radius 3 is 2.59 bits per heavy atom. The Kier molecular flexibility index (Phi) is 8.75. The minimum Gasteiger partial charge on any atom is -0.260 e. The Morgan fingerprint density at radius 1 is 1.16 bits per heavy atom. The van der Waals surface area contributed by atoms with Gasteiger partial charge in [0.1, 0.15) is 5.15 Å². The van der Waals surface area contributed by atoms with E-state index in [2.05, 4.69) is 86.8 Å². The zero-order valence-corrected chi connectivity index (χ0v) is 21.3. The van der Waals surface area contributed by atoms with Gasteiger partial charge in [-0.1, -0.05) is 66.0 Å². The van der Waals surface area contributed by atoms with E-state index in [1.807, 2.05) is 24.1 Å². The third-order valence-electron chi connectivity index (χ3n) is 5.44. The van der Waals surface area contributed by atoms with Crippen LogP contribution in [0.3, 0.4) is 0 Å². The van der Waals surface area contributed by atoms with Gasteiger partial charge in [-0.15, -0.1) is 0 Å². The average Bonchev–Trinajstić information content (AvgIpc) is 2.77. The molecule has 0 spiro atoms. The molecule has 170 valence electrons. The molecule has 0 saturated carbocycles. The fourth-order valence-electron chi connectivity index (χ4n) is 3.78. The molecule has 3 nitrogen and oxygen atoms in total. The Balaban J connectivity index is 1.80. The van der Waals surface area contributed by atoms with Gasteiger partial charge in [0.2, 0.25) is 0 Å². The lowest BCUT2D eigenvalue weighted by atomic mass is 9.93. The van der Waals surface area contributed by atoms with Gasteiger partial charge >= 0.3 is 0 Å². The second kappa shape index (κ2) is 11.3. The lowest BCUT2D eigenvalue weighted by Gasteiger charge is -2.26. The van der Waals surface area contributed by atoms with Crippen molar-refractivity contribution in [3.8, 4) is 11.1 Å². The summed E-state index contributed by atoms with van der Waals surface area (Å²) >= 11 is 8.19. The number of nitrogens with one attached hydrogen (secondary N) is 1. The second-order valence-corrected chi connectivity index (χ2v) is 11.2. The zero-order chi connectivity index (χ0) is 23.1. The van der Waals surface area contributed by atoms with E-state index < -0.39 is 0 Å². The third kappa shape index (κ3) is 6.81. The highest BCUT2D eigenvalue weighted by molar-refractivity contribution is 7.98. The molecule has 0 aliphatic rings. The number of hydrogen-bond donors (Lipinski definition) is 1. The Labute approximate surface area is 202 Å². The molecular weight excluding hydrogens is 434 g/mol. The molecule has 0 radical (unpaired) electrons. The van der Waals surface area contributed by atoms with Crippen LogP contribution in [0, 0.1) is 5.92 Å². The molecule has 32 heavy (non-hydrogen) atoms. The predicted octanol–water partition coefficient (Wildman–Crippen LogP) is 7.89. The molecule has 1 N–H and O–H groups in total. The highest BCUT2D eigenvalue weighted by Gasteiger charge is 2.19. The van der Waals surface area contributed by atoms with E-state index in [0.29, 0.717) is 17.1 Å². The van der Waals surface area contributed by atoms with E-state index in [1.165, 1.54) is 5.56 Å². The summed E-state index contributed by atoms with van der Waals surface area (Å²) in [6.07, 6.45) is 9.33. The summed E-state index contributed by atoms with van der Waals surface area (Å²) in [6, 6.07) is 14.9. The van der Waals surface area contributed by atoms with Crippen LogP contribution in [0.15, 0.2) is 60.8 Å². The van der Waals surface area contributed by atoms with Gasteiger partial charge in [-0.25, -0.2) is 4.98 Å². The first-order valence-electron chi connectivity index (χ1n) is 11.3. The molecule has 2 atom stereocenters. The number of nitrogens with zero attached hydrogens (tertiary/aromatic N) is 2. The Hall–Kier alpha value is -1.88. The van der Waals surface area contributed by atoms with Crippen molar-refractivity contribution in [2.24, 2.45) is 5.92 Å². The van der Waals surface area contributed by atoms with Crippen LogP contribution in [0.25, 0.3) is 22.0 Å². The number of aryl methyl sites for hydroxylation is 1. The maximum Gasteiger partial charge on any atom is 0.138 e. The van der Waals surface area contributed by atoms with Crippen LogP contribution in [-0.2, 0) is 6.42 Å². The van der Waals surface area contributed by atoms with Crippen molar-refractivity contribution in [3.05, 3.63) is 71.7 Å². The smallest absolute Gasteiger partial charge is 0.138 e. The van der Waals surface area contributed by atoms with Gasteiger partial charge in [0.05, 0.1) is 5.52 Å². The highest BCUT2D eigenvalue weighted by Crippen LogP contribution is 2.31. The van der Waals surface area contributed by atoms with Crippen LogP contribution in [0.4, 0.5) is 0 Å². The molecule has 2 aromatic heterocycles. The molecule has 0 aliphatic heterocycles. The molecular formula is C27H34ClN3S. The van der Waals surface area contributed by atoms with Crippen LogP contribution in [0.5, 0.6) is 0 Å².